The van der Waals surface area contributed by atoms with E-state index in [-0.39, 0.29) is 5.91 Å². The van der Waals surface area contributed by atoms with Gasteiger partial charge in [0.2, 0.25) is 0 Å². The average molecular weight is 388 g/mol. The number of fused-ring (bicyclic) bond motifs is 1. The molecule has 21 heavy (non-hydrogen) atoms. The van der Waals surface area contributed by atoms with Crippen molar-refractivity contribution in [2.45, 2.75) is 6.92 Å². The van der Waals surface area contributed by atoms with E-state index in [1.807, 2.05) is 49.4 Å². The van der Waals surface area contributed by atoms with Crippen LogP contribution in [-0.2, 0) is 0 Å². The maximum atomic E-state index is 12.5. The van der Waals surface area contributed by atoms with Crippen molar-refractivity contribution in [1.29, 1.82) is 0 Å². The molecule has 0 aliphatic rings. The molecule has 0 aliphatic carbocycles. The van der Waals surface area contributed by atoms with Crippen molar-refractivity contribution < 1.29 is 4.79 Å². The molecule has 0 unspecified atom stereocenters. The van der Waals surface area contributed by atoms with Crippen molar-refractivity contribution in [2.24, 2.45) is 0 Å². The van der Waals surface area contributed by atoms with Crippen molar-refractivity contribution in [3.05, 3.63) is 69.4 Å². The Kier molecular flexibility index (Phi) is 3.88. The van der Waals surface area contributed by atoms with Gasteiger partial charge in [-0.1, -0.05) is 24.3 Å². The largest absolute Gasteiger partial charge is 0.322 e. The van der Waals surface area contributed by atoms with Crippen LogP contribution in [0.5, 0.6) is 0 Å². The summed E-state index contributed by atoms with van der Waals surface area (Å²) in [6.45, 7) is 2.05. The minimum Gasteiger partial charge on any atom is -0.322 e. The first-order valence-corrected chi connectivity index (χ1v) is 7.64. The summed E-state index contributed by atoms with van der Waals surface area (Å²) < 4.78 is 1.13. The zero-order chi connectivity index (χ0) is 14.8. The van der Waals surface area contributed by atoms with Gasteiger partial charge in [-0.3, -0.25) is 9.78 Å². The van der Waals surface area contributed by atoms with Gasteiger partial charge < -0.3 is 5.32 Å². The molecule has 1 amide bonds. The van der Waals surface area contributed by atoms with Crippen LogP contribution >= 0.6 is 22.6 Å². The third kappa shape index (κ3) is 2.90. The van der Waals surface area contributed by atoms with Crippen molar-refractivity contribution >= 4 is 45.1 Å². The summed E-state index contributed by atoms with van der Waals surface area (Å²) in [5.74, 6) is -0.117. The summed E-state index contributed by atoms with van der Waals surface area (Å²) in [5.41, 5.74) is 3.46. The zero-order valence-corrected chi connectivity index (χ0v) is 13.6. The fraction of sp³-hybridized carbons (Fsp3) is 0.0588. The van der Waals surface area contributed by atoms with Gasteiger partial charge in [0.1, 0.15) is 0 Å². The highest BCUT2D eigenvalue weighted by Gasteiger charge is 2.10. The van der Waals surface area contributed by atoms with Crippen molar-refractivity contribution in [3.63, 3.8) is 0 Å². The van der Waals surface area contributed by atoms with Gasteiger partial charge in [0, 0.05) is 20.8 Å². The van der Waals surface area contributed by atoms with Crippen LogP contribution in [0.25, 0.3) is 10.9 Å². The molecular formula is C17H13IN2O. The number of anilines is 1. The second-order valence-corrected chi connectivity index (χ2v) is 5.96. The SMILES string of the molecule is Cc1ccc(NC(=O)c2ccnc3ccccc23)cc1I. The lowest BCUT2D eigenvalue weighted by Crippen LogP contribution is -2.12. The number of rotatable bonds is 2. The Morgan fingerprint density at radius 1 is 1.14 bits per heavy atom. The molecule has 0 bridgehead atoms. The molecule has 4 heteroatoms. The number of halogens is 1. The van der Waals surface area contributed by atoms with Crippen LogP contribution in [0, 0.1) is 10.5 Å². The van der Waals surface area contributed by atoms with Gasteiger partial charge in [-0.05, 0) is 59.3 Å². The Morgan fingerprint density at radius 3 is 2.76 bits per heavy atom. The smallest absolute Gasteiger partial charge is 0.256 e. The van der Waals surface area contributed by atoms with Gasteiger partial charge in [-0.15, -0.1) is 0 Å². The maximum Gasteiger partial charge on any atom is 0.256 e. The predicted molar refractivity (Wildman–Crippen MR) is 93.6 cm³/mol. The van der Waals surface area contributed by atoms with Crippen LogP contribution in [-0.4, -0.2) is 10.9 Å². The summed E-state index contributed by atoms with van der Waals surface area (Å²) in [4.78, 5) is 16.8. The molecule has 1 N–H and O–H groups in total. The molecule has 0 fully saturated rings. The maximum absolute atomic E-state index is 12.5. The number of carbonyl (C=O) groups excluding carboxylic acids is 1. The minimum absolute atomic E-state index is 0.117. The number of para-hydroxylation sites is 1. The lowest BCUT2D eigenvalue weighted by molar-refractivity contribution is 0.102. The van der Waals surface area contributed by atoms with Crippen LogP contribution < -0.4 is 5.32 Å². The number of pyridine rings is 1. The average Bonchev–Trinajstić information content (AvgIpc) is 2.50. The van der Waals surface area contributed by atoms with E-state index in [9.17, 15) is 4.79 Å². The summed E-state index contributed by atoms with van der Waals surface area (Å²) in [7, 11) is 0. The quantitative estimate of drug-likeness (QED) is 0.662. The molecule has 3 aromatic rings. The number of carbonyl (C=O) groups is 1. The number of nitrogens with one attached hydrogen (secondary N) is 1. The van der Waals surface area contributed by atoms with Crippen LogP contribution in [0.3, 0.4) is 0 Å². The van der Waals surface area contributed by atoms with Crippen LogP contribution in [0.2, 0.25) is 0 Å². The molecule has 0 saturated carbocycles. The van der Waals surface area contributed by atoms with Gasteiger partial charge in [0.05, 0.1) is 11.1 Å². The highest BCUT2D eigenvalue weighted by Crippen LogP contribution is 2.20. The molecule has 1 heterocycles. The Hall–Kier alpha value is -1.95. The molecule has 0 aliphatic heterocycles. The first kappa shape index (κ1) is 14.0. The van der Waals surface area contributed by atoms with E-state index in [1.165, 1.54) is 5.56 Å². The fourth-order valence-corrected chi connectivity index (χ4v) is 2.68. The summed E-state index contributed by atoms with van der Waals surface area (Å²) in [5, 5.41) is 3.81. The molecule has 1 aromatic heterocycles. The van der Waals surface area contributed by atoms with E-state index in [4.69, 9.17) is 0 Å². The molecule has 104 valence electrons. The van der Waals surface area contributed by atoms with Crippen LogP contribution in [0.4, 0.5) is 5.69 Å². The normalized spacial score (nSPS) is 10.6. The first-order valence-electron chi connectivity index (χ1n) is 6.56. The number of hydrogen-bond donors (Lipinski definition) is 1. The summed E-state index contributed by atoms with van der Waals surface area (Å²) in [6.07, 6.45) is 1.66. The Morgan fingerprint density at radius 2 is 1.95 bits per heavy atom. The number of amides is 1. The Bertz CT molecular complexity index is 825. The molecule has 0 radical (unpaired) electrons. The van der Waals surface area contributed by atoms with E-state index in [0.29, 0.717) is 5.56 Å². The van der Waals surface area contributed by atoms with Gasteiger partial charge in [-0.25, -0.2) is 0 Å². The van der Waals surface area contributed by atoms with Crippen molar-refractivity contribution in [3.8, 4) is 0 Å². The third-order valence-corrected chi connectivity index (χ3v) is 4.49. The fourth-order valence-electron chi connectivity index (χ4n) is 2.16. The standard InChI is InChI=1S/C17H13IN2O/c1-11-6-7-12(10-15(11)18)20-17(21)14-8-9-19-16-5-3-2-4-13(14)16/h2-10H,1H3,(H,20,21). The zero-order valence-electron chi connectivity index (χ0n) is 11.4. The van der Waals surface area contributed by atoms with Gasteiger partial charge in [0.25, 0.3) is 5.91 Å². The lowest BCUT2D eigenvalue weighted by atomic mass is 10.1. The molecule has 0 spiro atoms. The van der Waals surface area contributed by atoms with Gasteiger partial charge >= 0.3 is 0 Å². The van der Waals surface area contributed by atoms with E-state index in [2.05, 4.69) is 32.9 Å². The highest BCUT2D eigenvalue weighted by molar-refractivity contribution is 14.1. The first-order chi connectivity index (χ1) is 10.1. The molecule has 0 atom stereocenters. The van der Waals surface area contributed by atoms with Crippen LogP contribution in [0.15, 0.2) is 54.7 Å². The monoisotopic (exact) mass is 388 g/mol. The van der Waals surface area contributed by atoms with Gasteiger partial charge in [-0.2, -0.15) is 0 Å². The topological polar surface area (TPSA) is 42.0 Å². The Balaban J connectivity index is 1.95. The second kappa shape index (κ2) is 5.81. The van der Waals surface area contributed by atoms with Gasteiger partial charge in [0.15, 0.2) is 0 Å². The minimum atomic E-state index is -0.117. The van der Waals surface area contributed by atoms with E-state index in [1.54, 1.807) is 12.3 Å². The van der Waals surface area contributed by atoms with Crippen molar-refractivity contribution in [1.82, 2.24) is 4.98 Å². The summed E-state index contributed by atoms with van der Waals surface area (Å²) >= 11 is 2.26. The Labute approximate surface area is 136 Å². The van der Waals surface area contributed by atoms with Crippen molar-refractivity contribution in [2.75, 3.05) is 5.32 Å². The van der Waals surface area contributed by atoms with E-state index >= 15 is 0 Å². The third-order valence-electron chi connectivity index (χ3n) is 3.32. The highest BCUT2D eigenvalue weighted by atomic mass is 127. The predicted octanol–water partition coefficient (Wildman–Crippen LogP) is 4.40. The van der Waals surface area contributed by atoms with E-state index < -0.39 is 0 Å². The number of nitrogens with zero attached hydrogens (tertiary/aromatic N) is 1. The molecule has 3 rings (SSSR count). The molecule has 2 aromatic carbocycles. The van der Waals surface area contributed by atoms with Crippen LogP contribution in [0.1, 0.15) is 15.9 Å². The molecule has 0 saturated heterocycles. The number of hydrogen-bond acceptors (Lipinski definition) is 2. The summed E-state index contributed by atoms with van der Waals surface area (Å²) in [6, 6.07) is 15.3. The number of aromatic nitrogens is 1. The second-order valence-electron chi connectivity index (χ2n) is 4.79. The number of benzene rings is 2. The molecular weight excluding hydrogens is 375 g/mol. The van der Waals surface area contributed by atoms with E-state index in [0.717, 1.165) is 20.2 Å². The lowest BCUT2D eigenvalue weighted by Gasteiger charge is -2.09. The number of aryl methyl sites for hydroxylation is 1. The molecule has 3 nitrogen and oxygen atoms in total.